The van der Waals surface area contributed by atoms with Crippen molar-refractivity contribution in [2.24, 2.45) is 7.05 Å². The van der Waals surface area contributed by atoms with Crippen LogP contribution in [-0.2, 0) is 13.6 Å². The molecule has 1 amide bonds. The normalized spacial score (nSPS) is 10.3. The molecule has 7 heteroatoms. The van der Waals surface area contributed by atoms with Gasteiger partial charge >= 0.3 is 0 Å². The maximum atomic E-state index is 11.8. The number of aromatic nitrogens is 4. The largest absolute Gasteiger partial charge is 0.345 e. The van der Waals surface area contributed by atoms with E-state index < -0.39 is 0 Å². The summed E-state index contributed by atoms with van der Waals surface area (Å²) in [5.74, 6) is -0.241. The van der Waals surface area contributed by atoms with Gasteiger partial charge in [0.1, 0.15) is 5.69 Å². The molecule has 0 atom stereocenters. The predicted molar refractivity (Wildman–Crippen MR) is 68.2 cm³/mol. The molecule has 2 aromatic rings. The van der Waals surface area contributed by atoms with Crippen LogP contribution in [0.2, 0.25) is 0 Å². The van der Waals surface area contributed by atoms with Crippen molar-refractivity contribution in [1.82, 2.24) is 24.8 Å². The second kappa shape index (κ2) is 5.63. The van der Waals surface area contributed by atoms with Crippen LogP contribution in [0.1, 0.15) is 16.2 Å². The summed E-state index contributed by atoms with van der Waals surface area (Å²) in [6.45, 7) is 0.416. The van der Waals surface area contributed by atoms with E-state index in [2.05, 4.69) is 20.3 Å². The standard InChI is InChI=1S/C11H13N5OS/c1-16-8(6-15-11(16)18-2)5-14-10(17)9-7-12-3-4-13-9/h3-4,6-7H,5H2,1-2H3,(H,14,17). The molecule has 0 bridgehead atoms. The van der Waals surface area contributed by atoms with Gasteiger partial charge in [-0.2, -0.15) is 0 Å². The van der Waals surface area contributed by atoms with Gasteiger partial charge in [-0.1, -0.05) is 11.8 Å². The molecule has 0 spiro atoms. The second-order valence-electron chi connectivity index (χ2n) is 3.57. The molecule has 0 saturated heterocycles. The molecule has 18 heavy (non-hydrogen) atoms. The summed E-state index contributed by atoms with van der Waals surface area (Å²) >= 11 is 1.56. The number of carbonyl (C=O) groups is 1. The zero-order chi connectivity index (χ0) is 13.0. The van der Waals surface area contributed by atoms with Crippen molar-refractivity contribution in [2.45, 2.75) is 11.7 Å². The molecule has 0 radical (unpaired) electrons. The Morgan fingerprint density at radius 3 is 2.83 bits per heavy atom. The average molecular weight is 263 g/mol. The number of hydrogen-bond acceptors (Lipinski definition) is 5. The molecule has 2 heterocycles. The molecule has 0 saturated carbocycles. The number of amides is 1. The van der Waals surface area contributed by atoms with Gasteiger partial charge in [0.25, 0.3) is 5.91 Å². The fraction of sp³-hybridized carbons (Fsp3) is 0.273. The van der Waals surface area contributed by atoms with E-state index >= 15 is 0 Å². The minimum atomic E-state index is -0.241. The molecule has 0 aliphatic carbocycles. The average Bonchev–Trinajstić information content (AvgIpc) is 2.77. The van der Waals surface area contributed by atoms with E-state index in [0.29, 0.717) is 12.2 Å². The van der Waals surface area contributed by atoms with E-state index in [1.807, 2.05) is 17.9 Å². The van der Waals surface area contributed by atoms with Crippen molar-refractivity contribution in [3.05, 3.63) is 36.2 Å². The van der Waals surface area contributed by atoms with Gasteiger partial charge in [-0.3, -0.25) is 9.78 Å². The summed E-state index contributed by atoms with van der Waals surface area (Å²) in [6.07, 6.45) is 8.17. The van der Waals surface area contributed by atoms with Gasteiger partial charge in [0, 0.05) is 19.4 Å². The zero-order valence-corrected chi connectivity index (χ0v) is 10.9. The molecule has 0 fully saturated rings. The summed E-state index contributed by atoms with van der Waals surface area (Å²) in [5.41, 5.74) is 1.25. The maximum Gasteiger partial charge on any atom is 0.271 e. The van der Waals surface area contributed by atoms with Crippen molar-refractivity contribution in [3.63, 3.8) is 0 Å². The first-order valence-electron chi connectivity index (χ1n) is 5.31. The van der Waals surface area contributed by atoms with Crippen LogP contribution in [-0.4, -0.2) is 31.7 Å². The third-order valence-corrected chi connectivity index (χ3v) is 3.19. The van der Waals surface area contributed by atoms with Crippen LogP contribution in [0.3, 0.4) is 0 Å². The van der Waals surface area contributed by atoms with E-state index in [-0.39, 0.29) is 5.91 Å². The highest BCUT2D eigenvalue weighted by Gasteiger charge is 2.09. The van der Waals surface area contributed by atoms with Crippen LogP contribution in [0.25, 0.3) is 0 Å². The van der Waals surface area contributed by atoms with Crippen molar-refractivity contribution in [1.29, 1.82) is 0 Å². The third kappa shape index (κ3) is 2.67. The minimum Gasteiger partial charge on any atom is -0.345 e. The van der Waals surface area contributed by atoms with Gasteiger partial charge < -0.3 is 9.88 Å². The van der Waals surface area contributed by atoms with Crippen LogP contribution in [0.4, 0.5) is 0 Å². The number of imidazole rings is 1. The lowest BCUT2D eigenvalue weighted by Gasteiger charge is -2.06. The number of thioether (sulfide) groups is 1. The molecule has 94 valence electrons. The summed E-state index contributed by atoms with van der Waals surface area (Å²) < 4.78 is 1.95. The summed E-state index contributed by atoms with van der Waals surface area (Å²) in [6, 6.07) is 0. The molecule has 2 aromatic heterocycles. The lowest BCUT2D eigenvalue weighted by atomic mass is 10.4. The number of nitrogens with zero attached hydrogens (tertiary/aromatic N) is 4. The van der Waals surface area contributed by atoms with Gasteiger partial charge in [-0.15, -0.1) is 0 Å². The SMILES string of the molecule is CSc1ncc(CNC(=O)c2cnccn2)n1C. The number of carbonyl (C=O) groups excluding carboxylic acids is 1. The second-order valence-corrected chi connectivity index (χ2v) is 4.34. The van der Waals surface area contributed by atoms with E-state index in [0.717, 1.165) is 10.9 Å². The fourth-order valence-electron chi connectivity index (χ4n) is 1.46. The van der Waals surface area contributed by atoms with E-state index in [4.69, 9.17) is 0 Å². The maximum absolute atomic E-state index is 11.8. The number of hydrogen-bond donors (Lipinski definition) is 1. The molecular formula is C11H13N5OS. The Bertz CT molecular complexity index is 540. The van der Waals surface area contributed by atoms with Gasteiger partial charge in [0.15, 0.2) is 5.16 Å². The lowest BCUT2D eigenvalue weighted by Crippen LogP contribution is -2.24. The highest BCUT2D eigenvalue weighted by Crippen LogP contribution is 2.13. The molecule has 0 unspecified atom stereocenters. The molecule has 0 aromatic carbocycles. The fourth-order valence-corrected chi connectivity index (χ4v) is 2.01. The van der Waals surface area contributed by atoms with Crippen molar-refractivity contribution >= 4 is 17.7 Å². The predicted octanol–water partition coefficient (Wildman–Crippen LogP) is 0.862. The minimum absolute atomic E-state index is 0.241. The Balaban J connectivity index is 2.00. The first-order valence-corrected chi connectivity index (χ1v) is 6.53. The van der Waals surface area contributed by atoms with Crippen molar-refractivity contribution in [3.8, 4) is 0 Å². The van der Waals surface area contributed by atoms with Gasteiger partial charge in [-0.25, -0.2) is 9.97 Å². The molecule has 0 aliphatic heterocycles. The highest BCUT2D eigenvalue weighted by atomic mass is 32.2. The highest BCUT2D eigenvalue weighted by molar-refractivity contribution is 7.98. The molecular weight excluding hydrogens is 250 g/mol. The molecule has 0 aliphatic rings. The Kier molecular flexibility index (Phi) is 3.93. The van der Waals surface area contributed by atoms with Crippen LogP contribution in [0, 0.1) is 0 Å². The smallest absolute Gasteiger partial charge is 0.271 e. The van der Waals surface area contributed by atoms with Crippen LogP contribution in [0.15, 0.2) is 29.9 Å². The monoisotopic (exact) mass is 263 g/mol. The number of nitrogens with one attached hydrogen (secondary N) is 1. The van der Waals surface area contributed by atoms with Crippen LogP contribution in [0.5, 0.6) is 0 Å². The van der Waals surface area contributed by atoms with E-state index in [1.165, 1.54) is 18.6 Å². The van der Waals surface area contributed by atoms with Gasteiger partial charge in [-0.05, 0) is 6.26 Å². The molecule has 1 N–H and O–H groups in total. The Labute approximate surface area is 109 Å². The Morgan fingerprint density at radius 1 is 1.39 bits per heavy atom. The van der Waals surface area contributed by atoms with E-state index in [9.17, 15) is 4.79 Å². The Morgan fingerprint density at radius 2 is 2.22 bits per heavy atom. The summed E-state index contributed by atoms with van der Waals surface area (Å²) in [5, 5.41) is 3.70. The summed E-state index contributed by atoms with van der Waals surface area (Å²) in [7, 11) is 1.92. The lowest BCUT2D eigenvalue weighted by molar-refractivity contribution is 0.0944. The topological polar surface area (TPSA) is 72.7 Å². The quantitative estimate of drug-likeness (QED) is 0.828. The first kappa shape index (κ1) is 12.6. The zero-order valence-electron chi connectivity index (χ0n) is 10.1. The van der Waals surface area contributed by atoms with Crippen molar-refractivity contribution in [2.75, 3.05) is 6.26 Å². The van der Waals surface area contributed by atoms with Gasteiger partial charge in [0.2, 0.25) is 0 Å². The molecule has 6 nitrogen and oxygen atoms in total. The van der Waals surface area contributed by atoms with Crippen LogP contribution >= 0.6 is 11.8 Å². The third-order valence-electron chi connectivity index (χ3n) is 2.45. The van der Waals surface area contributed by atoms with E-state index in [1.54, 1.807) is 18.0 Å². The summed E-state index contributed by atoms with van der Waals surface area (Å²) in [4.78, 5) is 23.8. The van der Waals surface area contributed by atoms with Crippen LogP contribution < -0.4 is 5.32 Å². The van der Waals surface area contributed by atoms with Gasteiger partial charge in [0.05, 0.1) is 24.6 Å². The van der Waals surface area contributed by atoms with Crippen molar-refractivity contribution < 1.29 is 4.79 Å². The first-order chi connectivity index (χ1) is 8.72. The number of rotatable bonds is 4. The molecule has 2 rings (SSSR count). The Hall–Kier alpha value is -1.89.